The van der Waals surface area contributed by atoms with Crippen molar-refractivity contribution >= 4 is 17.5 Å². The lowest BCUT2D eigenvalue weighted by molar-refractivity contribution is 0.102. The number of hydrogen-bond donors (Lipinski definition) is 0. The fourth-order valence-electron chi connectivity index (χ4n) is 2.21. The van der Waals surface area contributed by atoms with Crippen molar-refractivity contribution in [1.29, 1.82) is 0 Å². The zero-order valence-corrected chi connectivity index (χ0v) is 13.8. The van der Waals surface area contributed by atoms with Gasteiger partial charge in [-0.3, -0.25) is 4.79 Å². The Labute approximate surface area is 138 Å². The standard InChI is InChI=1S/C18H16N2O2S/c1-12-8-9-13(2)15(10-12)16(21)11-23-18-20-19-17(22-18)14-6-4-3-5-7-14/h3-10H,11H2,1-2H3. The zero-order valence-electron chi connectivity index (χ0n) is 12.9. The molecule has 0 unspecified atom stereocenters. The minimum absolute atomic E-state index is 0.0654. The summed E-state index contributed by atoms with van der Waals surface area (Å²) in [6.07, 6.45) is 0. The molecule has 0 bridgehead atoms. The zero-order chi connectivity index (χ0) is 16.2. The van der Waals surface area contributed by atoms with Gasteiger partial charge in [0, 0.05) is 11.1 Å². The number of Topliss-reactive ketones (excluding diaryl/α,β-unsaturated/α-hetero) is 1. The summed E-state index contributed by atoms with van der Waals surface area (Å²) < 4.78 is 5.60. The maximum Gasteiger partial charge on any atom is 0.277 e. The van der Waals surface area contributed by atoms with Crippen LogP contribution in [0.3, 0.4) is 0 Å². The highest BCUT2D eigenvalue weighted by Crippen LogP contribution is 2.24. The number of aryl methyl sites for hydroxylation is 2. The molecule has 0 atom stereocenters. The predicted molar refractivity (Wildman–Crippen MR) is 90.7 cm³/mol. The van der Waals surface area contributed by atoms with Crippen molar-refractivity contribution < 1.29 is 9.21 Å². The van der Waals surface area contributed by atoms with E-state index in [0.717, 1.165) is 22.3 Å². The molecule has 116 valence electrons. The molecule has 1 heterocycles. The second kappa shape index (κ2) is 6.79. The molecule has 3 rings (SSSR count). The van der Waals surface area contributed by atoms with Gasteiger partial charge in [0.1, 0.15) is 0 Å². The summed E-state index contributed by atoms with van der Waals surface area (Å²) >= 11 is 1.26. The third-order valence-corrected chi connectivity index (χ3v) is 4.27. The van der Waals surface area contributed by atoms with Crippen LogP contribution in [0.4, 0.5) is 0 Å². The van der Waals surface area contributed by atoms with Crippen LogP contribution < -0.4 is 0 Å². The molecule has 1 aromatic heterocycles. The molecule has 0 radical (unpaired) electrons. The monoisotopic (exact) mass is 324 g/mol. The van der Waals surface area contributed by atoms with Crippen LogP contribution in [-0.2, 0) is 0 Å². The molecule has 3 aromatic rings. The van der Waals surface area contributed by atoms with Crippen molar-refractivity contribution in [3.05, 3.63) is 65.2 Å². The molecule has 2 aromatic carbocycles. The Bertz CT molecular complexity index is 828. The predicted octanol–water partition coefficient (Wildman–Crippen LogP) is 4.33. The Morgan fingerprint density at radius 1 is 1.09 bits per heavy atom. The van der Waals surface area contributed by atoms with Crippen molar-refractivity contribution in [2.45, 2.75) is 19.1 Å². The molecule has 0 spiro atoms. The molecule has 0 amide bonds. The number of rotatable bonds is 5. The van der Waals surface area contributed by atoms with E-state index in [1.54, 1.807) is 0 Å². The van der Waals surface area contributed by atoms with Gasteiger partial charge in [0.05, 0.1) is 5.75 Å². The Balaban J connectivity index is 1.68. The first-order chi connectivity index (χ1) is 11.1. The summed E-state index contributed by atoms with van der Waals surface area (Å²) in [4.78, 5) is 12.4. The van der Waals surface area contributed by atoms with Gasteiger partial charge in [-0.1, -0.05) is 47.7 Å². The maximum absolute atomic E-state index is 12.4. The van der Waals surface area contributed by atoms with E-state index in [9.17, 15) is 4.79 Å². The van der Waals surface area contributed by atoms with Crippen molar-refractivity contribution in [3.8, 4) is 11.5 Å². The van der Waals surface area contributed by atoms with Crippen LogP contribution in [0.15, 0.2) is 58.2 Å². The Morgan fingerprint density at radius 3 is 2.65 bits per heavy atom. The number of nitrogens with zero attached hydrogens (tertiary/aromatic N) is 2. The van der Waals surface area contributed by atoms with Gasteiger partial charge >= 0.3 is 0 Å². The van der Waals surface area contributed by atoms with Gasteiger partial charge in [0.25, 0.3) is 5.22 Å². The first-order valence-corrected chi connectivity index (χ1v) is 8.24. The lowest BCUT2D eigenvalue weighted by Crippen LogP contribution is -2.05. The van der Waals surface area contributed by atoms with Crippen LogP contribution >= 0.6 is 11.8 Å². The topological polar surface area (TPSA) is 56.0 Å². The largest absolute Gasteiger partial charge is 0.411 e. The van der Waals surface area contributed by atoms with E-state index < -0.39 is 0 Å². The second-order valence-corrected chi connectivity index (χ2v) is 6.20. The van der Waals surface area contributed by atoms with Crippen LogP contribution in [-0.4, -0.2) is 21.7 Å². The number of benzene rings is 2. The third kappa shape index (κ3) is 3.68. The summed E-state index contributed by atoms with van der Waals surface area (Å²) in [5.74, 6) is 0.809. The molecule has 23 heavy (non-hydrogen) atoms. The first kappa shape index (κ1) is 15.5. The molecular formula is C18H16N2O2S. The number of hydrogen-bond acceptors (Lipinski definition) is 5. The van der Waals surface area contributed by atoms with Gasteiger partial charge in [-0.25, -0.2) is 0 Å². The number of aromatic nitrogens is 2. The third-order valence-electron chi connectivity index (χ3n) is 3.45. The molecule has 0 fully saturated rings. The second-order valence-electron chi connectivity index (χ2n) is 5.27. The van der Waals surface area contributed by atoms with E-state index in [2.05, 4.69) is 10.2 Å². The van der Waals surface area contributed by atoms with Crippen LogP contribution in [0.25, 0.3) is 11.5 Å². The Morgan fingerprint density at radius 2 is 1.87 bits per heavy atom. The SMILES string of the molecule is Cc1ccc(C)c(C(=O)CSc2nnc(-c3ccccc3)o2)c1. The van der Waals surface area contributed by atoms with Crippen LogP contribution in [0.5, 0.6) is 0 Å². The van der Waals surface area contributed by atoms with Crippen molar-refractivity contribution in [1.82, 2.24) is 10.2 Å². The van der Waals surface area contributed by atoms with Crippen molar-refractivity contribution in [2.75, 3.05) is 5.75 Å². The van der Waals surface area contributed by atoms with Crippen molar-refractivity contribution in [3.63, 3.8) is 0 Å². The maximum atomic E-state index is 12.4. The highest BCUT2D eigenvalue weighted by Gasteiger charge is 2.13. The normalized spacial score (nSPS) is 10.7. The molecule has 4 nitrogen and oxygen atoms in total. The highest BCUT2D eigenvalue weighted by atomic mass is 32.2. The Kier molecular flexibility index (Phi) is 4.57. The van der Waals surface area contributed by atoms with Gasteiger partial charge in [0.15, 0.2) is 5.78 Å². The fraction of sp³-hybridized carbons (Fsp3) is 0.167. The molecule has 0 saturated carbocycles. The molecule has 5 heteroatoms. The van der Waals surface area contributed by atoms with E-state index >= 15 is 0 Å². The average Bonchev–Trinajstić information content (AvgIpc) is 3.05. The molecular weight excluding hydrogens is 308 g/mol. The van der Waals surface area contributed by atoms with E-state index in [-0.39, 0.29) is 11.5 Å². The van der Waals surface area contributed by atoms with E-state index in [4.69, 9.17) is 4.42 Å². The number of thioether (sulfide) groups is 1. The summed E-state index contributed by atoms with van der Waals surface area (Å²) in [7, 11) is 0. The van der Waals surface area contributed by atoms with Crippen LogP contribution in [0, 0.1) is 13.8 Å². The van der Waals surface area contributed by atoms with Gasteiger partial charge in [-0.05, 0) is 37.6 Å². The molecule has 0 aliphatic carbocycles. The lowest BCUT2D eigenvalue weighted by Gasteiger charge is -2.04. The minimum atomic E-state index is 0.0654. The first-order valence-electron chi connectivity index (χ1n) is 7.25. The summed E-state index contributed by atoms with van der Waals surface area (Å²) in [5, 5.41) is 8.42. The van der Waals surface area contributed by atoms with Crippen LogP contribution in [0.2, 0.25) is 0 Å². The average molecular weight is 324 g/mol. The summed E-state index contributed by atoms with van der Waals surface area (Å²) in [5.41, 5.74) is 3.68. The van der Waals surface area contributed by atoms with E-state index in [0.29, 0.717) is 11.1 Å². The smallest absolute Gasteiger partial charge is 0.277 e. The van der Waals surface area contributed by atoms with Gasteiger partial charge in [0.2, 0.25) is 5.89 Å². The summed E-state index contributed by atoms with van der Waals surface area (Å²) in [6, 6.07) is 15.5. The lowest BCUT2D eigenvalue weighted by atomic mass is 10.0. The molecule has 0 N–H and O–H groups in total. The van der Waals surface area contributed by atoms with E-state index in [1.165, 1.54) is 11.8 Å². The molecule has 0 saturated heterocycles. The van der Waals surface area contributed by atoms with Gasteiger partial charge < -0.3 is 4.42 Å². The van der Waals surface area contributed by atoms with E-state index in [1.807, 2.05) is 62.4 Å². The van der Waals surface area contributed by atoms with Crippen LogP contribution in [0.1, 0.15) is 21.5 Å². The summed E-state index contributed by atoms with van der Waals surface area (Å²) in [6.45, 7) is 3.92. The van der Waals surface area contributed by atoms with Gasteiger partial charge in [-0.2, -0.15) is 0 Å². The number of ketones is 1. The van der Waals surface area contributed by atoms with Crippen molar-refractivity contribution in [2.24, 2.45) is 0 Å². The Hall–Kier alpha value is -2.40. The fourth-order valence-corrected chi connectivity index (χ4v) is 2.85. The molecule has 0 aliphatic rings. The minimum Gasteiger partial charge on any atom is -0.411 e. The quantitative estimate of drug-likeness (QED) is 0.516. The highest BCUT2D eigenvalue weighted by molar-refractivity contribution is 7.99. The number of carbonyl (C=O) groups is 1. The van der Waals surface area contributed by atoms with Gasteiger partial charge in [-0.15, -0.1) is 10.2 Å². The number of carbonyl (C=O) groups excluding carboxylic acids is 1. The molecule has 0 aliphatic heterocycles.